The van der Waals surface area contributed by atoms with E-state index in [0.717, 1.165) is 25.7 Å². The largest absolute Gasteiger partial charge is 0.352 e. The van der Waals surface area contributed by atoms with Crippen LogP contribution < -0.4 is 5.32 Å². The molecule has 1 aliphatic carbocycles. The molecule has 0 radical (unpaired) electrons. The van der Waals surface area contributed by atoms with Crippen LogP contribution in [0.25, 0.3) is 0 Å². The first-order valence-electron chi connectivity index (χ1n) is 8.59. The third-order valence-corrected chi connectivity index (χ3v) is 5.62. The molecule has 1 aromatic carbocycles. The Morgan fingerprint density at radius 3 is 2.67 bits per heavy atom. The minimum atomic E-state index is -0.251. The lowest BCUT2D eigenvalue weighted by molar-refractivity contribution is -0.121. The van der Waals surface area contributed by atoms with Crippen molar-refractivity contribution in [3.8, 4) is 0 Å². The van der Waals surface area contributed by atoms with Gasteiger partial charge in [0, 0.05) is 10.9 Å². The molecular weight excluding hydrogens is 314 g/mol. The molecule has 3 heteroatoms. The molecule has 1 amide bonds. The van der Waals surface area contributed by atoms with Crippen LogP contribution in [0.5, 0.6) is 0 Å². The Balaban J connectivity index is 1.85. The molecule has 0 spiro atoms. The Labute approximate surface area is 150 Å². The number of carbonyl (C=O) groups is 1. The number of rotatable bonds is 9. The number of amides is 1. The van der Waals surface area contributed by atoms with Gasteiger partial charge in [0.1, 0.15) is 0 Å². The normalized spacial score (nSPS) is 17.5. The van der Waals surface area contributed by atoms with E-state index in [4.69, 9.17) is 0 Å². The molecule has 1 atom stereocenters. The van der Waals surface area contributed by atoms with Gasteiger partial charge in [0.05, 0.1) is 4.75 Å². The minimum absolute atomic E-state index is 0.171. The molecule has 2 rings (SSSR count). The number of carbonyl (C=O) groups excluding carboxylic acids is 1. The van der Waals surface area contributed by atoms with Gasteiger partial charge in [0.15, 0.2) is 0 Å². The zero-order chi connectivity index (χ0) is 17.4. The number of nitrogens with one attached hydrogen (secondary N) is 1. The van der Waals surface area contributed by atoms with E-state index in [2.05, 4.69) is 37.0 Å². The van der Waals surface area contributed by atoms with Crippen molar-refractivity contribution in [3.05, 3.63) is 66.8 Å². The van der Waals surface area contributed by atoms with Crippen LogP contribution in [0.4, 0.5) is 0 Å². The number of hydrogen-bond acceptors (Lipinski definition) is 2. The zero-order valence-corrected chi connectivity index (χ0v) is 15.4. The van der Waals surface area contributed by atoms with Crippen LogP contribution in [-0.2, 0) is 4.79 Å². The molecule has 1 saturated carbocycles. The Kier molecular flexibility index (Phi) is 6.92. The molecular formula is C21H27NOS. The van der Waals surface area contributed by atoms with Gasteiger partial charge >= 0.3 is 0 Å². The number of benzene rings is 1. The van der Waals surface area contributed by atoms with Gasteiger partial charge in [-0.15, -0.1) is 11.8 Å². The Morgan fingerprint density at radius 1 is 1.38 bits per heavy atom. The van der Waals surface area contributed by atoms with Crippen molar-refractivity contribution in [1.82, 2.24) is 5.32 Å². The predicted molar refractivity (Wildman–Crippen MR) is 104 cm³/mol. The number of thioether (sulfide) groups is 1. The van der Waals surface area contributed by atoms with Gasteiger partial charge in [-0.2, -0.15) is 0 Å². The third kappa shape index (κ3) is 5.41. The fourth-order valence-electron chi connectivity index (χ4n) is 2.60. The van der Waals surface area contributed by atoms with E-state index in [1.54, 1.807) is 11.8 Å². The van der Waals surface area contributed by atoms with Gasteiger partial charge in [0.2, 0.25) is 5.91 Å². The monoisotopic (exact) mass is 341 g/mol. The van der Waals surface area contributed by atoms with E-state index in [1.807, 2.05) is 43.4 Å². The van der Waals surface area contributed by atoms with E-state index in [0.29, 0.717) is 0 Å². The lowest BCUT2D eigenvalue weighted by atomic mass is 10.1. The summed E-state index contributed by atoms with van der Waals surface area (Å²) in [5, 5.41) is 3.21. The van der Waals surface area contributed by atoms with Gasteiger partial charge in [-0.05, 0) is 57.2 Å². The molecule has 128 valence electrons. The Morgan fingerprint density at radius 2 is 2.08 bits per heavy atom. The molecule has 0 aliphatic heterocycles. The smallest absolute Gasteiger partial charge is 0.236 e. The highest BCUT2D eigenvalue weighted by molar-refractivity contribution is 8.01. The highest BCUT2D eigenvalue weighted by Crippen LogP contribution is 2.51. The van der Waals surface area contributed by atoms with Crippen molar-refractivity contribution in [3.63, 3.8) is 0 Å². The summed E-state index contributed by atoms with van der Waals surface area (Å²) in [6.07, 6.45) is 11.8. The molecule has 24 heavy (non-hydrogen) atoms. The van der Waals surface area contributed by atoms with Gasteiger partial charge in [-0.1, -0.05) is 49.1 Å². The molecule has 0 bridgehead atoms. The van der Waals surface area contributed by atoms with Crippen LogP contribution >= 0.6 is 11.8 Å². The van der Waals surface area contributed by atoms with Crippen molar-refractivity contribution in [1.29, 1.82) is 0 Å². The third-order valence-electron chi connectivity index (χ3n) is 4.13. The molecule has 0 aromatic heterocycles. The van der Waals surface area contributed by atoms with Crippen LogP contribution in [-0.4, -0.2) is 16.7 Å². The van der Waals surface area contributed by atoms with Crippen molar-refractivity contribution in [2.75, 3.05) is 0 Å². The lowest BCUT2D eigenvalue weighted by Gasteiger charge is -2.19. The summed E-state index contributed by atoms with van der Waals surface area (Å²) < 4.78 is -0.251. The average Bonchev–Trinajstić information content (AvgIpc) is 3.35. The fraction of sp³-hybridized carbons (Fsp3) is 0.381. The average molecular weight is 342 g/mol. The van der Waals surface area contributed by atoms with E-state index in [1.165, 1.54) is 10.5 Å². The van der Waals surface area contributed by atoms with Gasteiger partial charge in [-0.25, -0.2) is 0 Å². The molecule has 1 fully saturated rings. The predicted octanol–water partition coefficient (Wildman–Crippen LogP) is 5.28. The molecule has 1 unspecified atom stereocenters. The highest BCUT2D eigenvalue weighted by atomic mass is 32.2. The van der Waals surface area contributed by atoms with Crippen molar-refractivity contribution in [2.24, 2.45) is 0 Å². The maximum atomic E-state index is 12.7. The maximum absolute atomic E-state index is 12.7. The first-order chi connectivity index (χ1) is 11.6. The van der Waals surface area contributed by atoms with Crippen molar-refractivity contribution in [2.45, 2.75) is 55.2 Å². The first kappa shape index (κ1) is 18.6. The molecule has 1 aromatic rings. The summed E-state index contributed by atoms with van der Waals surface area (Å²) in [5.41, 5.74) is 1.24. The van der Waals surface area contributed by atoms with Crippen LogP contribution in [0.3, 0.4) is 0 Å². The Hall–Kier alpha value is -1.74. The molecule has 1 N–H and O–H groups in total. The molecule has 2 nitrogen and oxygen atoms in total. The van der Waals surface area contributed by atoms with E-state index < -0.39 is 0 Å². The zero-order valence-electron chi connectivity index (χ0n) is 14.6. The van der Waals surface area contributed by atoms with Gasteiger partial charge in [-0.3, -0.25) is 4.79 Å². The maximum Gasteiger partial charge on any atom is 0.236 e. The second-order valence-corrected chi connectivity index (χ2v) is 7.76. The van der Waals surface area contributed by atoms with E-state index in [9.17, 15) is 4.79 Å². The minimum Gasteiger partial charge on any atom is -0.352 e. The van der Waals surface area contributed by atoms with Crippen LogP contribution in [0, 0.1) is 0 Å². The van der Waals surface area contributed by atoms with E-state index >= 15 is 0 Å². The summed E-state index contributed by atoms with van der Waals surface area (Å²) in [6.45, 7) is 7.86. The molecule has 1 aliphatic rings. The number of allylic oxidation sites excluding steroid dienone is 5. The highest BCUT2D eigenvalue weighted by Gasteiger charge is 2.51. The summed E-state index contributed by atoms with van der Waals surface area (Å²) in [4.78, 5) is 13.8. The van der Waals surface area contributed by atoms with Crippen LogP contribution in [0.1, 0.15) is 39.5 Å². The topological polar surface area (TPSA) is 29.1 Å². The second kappa shape index (κ2) is 8.93. The van der Waals surface area contributed by atoms with Crippen molar-refractivity contribution < 1.29 is 4.79 Å². The fourth-order valence-corrected chi connectivity index (χ4v) is 3.80. The quantitative estimate of drug-likeness (QED) is 0.619. The number of hydrogen-bond donors (Lipinski definition) is 1. The second-order valence-electron chi connectivity index (χ2n) is 6.30. The van der Waals surface area contributed by atoms with E-state index in [-0.39, 0.29) is 16.7 Å². The van der Waals surface area contributed by atoms with Crippen molar-refractivity contribution >= 4 is 17.7 Å². The summed E-state index contributed by atoms with van der Waals surface area (Å²) in [7, 11) is 0. The summed E-state index contributed by atoms with van der Waals surface area (Å²) >= 11 is 1.70. The lowest BCUT2D eigenvalue weighted by Crippen LogP contribution is -2.40. The first-order valence-corrected chi connectivity index (χ1v) is 9.40. The molecule has 0 heterocycles. The summed E-state index contributed by atoms with van der Waals surface area (Å²) in [6, 6.07) is 10.4. The van der Waals surface area contributed by atoms with Gasteiger partial charge < -0.3 is 5.32 Å². The Bertz CT molecular complexity index is 614. The van der Waals surface area contributed by atoms with Crippen LogP contribution in [0.2, 0.25) is 0 Å². The SMILES string of the molecule is C=C/C=C(\C=C/C)CCC(C)NC(=O)C1(Sc2ccccc2)CC1. The standard InChI is InChI=1S/C21H27NOS/c1-4-9-18(10-5-2)14-13-17(3)22-20(23)21(15-16-21)24-19-11-7-6-8-12-19/h4-12,17H,1,13-16H2,2-3H3,(H,22,23)/b10-5-,18-9+. The van der Waals surface area contributed by atoms with Crippen LogP contribution in [0.15, 0.2) is 71.7 Å². The summed E-state index contributed by atoms with van der Waals surface area (Å²) in [5.74, 6) is 0.184. The van der Waals surface area contributed by atoms with Gasteiger partial charge in [0.25, 0.3) is 0 Å². The molecule has 0 saturated heterocycles.